The van der Waals surface area contributed by atoms with Crippen LogP contribution in [0.3, 0.4) is 0 Å². The Morgan fingerprint density at radius 3 is 2.29 bits per heavy atom. The number of aliphatic carboxylic acids is 1. The summed E-state index contributed by atoms with van der Waals surface area (Å²) in [5.74, 6) is -0.966. The lowest BCUT2D eigenvalue weighted by atomic mass is 10.2. The van der Waals surface area contributed by atoms with Gasteiger partial charge in [0.1, 0.15) is 6.61 Å². The maximum atomic E-state index is 12.3. The minimum Gasteiger partial charge on any atom is -0.481 e. The second kappa shape index (κ2) is 8.93. The van der Waals surface area contributed by atoms with Crippen molar-refractivity contribution in [1.29, 1.82) is 0 Å². The predicted octanol–water partition coefficient (Wildman–Crippen LogP) is 3.95. The Bertz CT molecular complexity index is 673. The molecule has 0 aromatic heterocycles. The molecular weight excluding hydrogens is 330 g/mol. The Morgan fingerprint density at radius 2 is 1.67 bits per heavy atom. The van der Waals surface area contributed by atoms with Crippen LogP contribution in [-0.4, -0.2) is 28.6 Å². The first-order valence-electron chi connectivity index (χ1n) is 7.46. The van der Waals surface area contributed by atoms with Crippen LogP contribution in [0.15, 0.2) is 54.6 Å². The fourth-order valence-corrected chi connectivity index (χ4v) is 2.21. The molecule has 5 nitrogen and oxygen atoms in total. The topological polar surface area (TPSA) is 66.8 Å². The highest BCUT2D eigenvalue weighted by molar-refractivity contribution is 6.30. The number of carboxylic acids is 1. The molecule has 0 fully saturated rings. The van der Waals surface area contributed by atoms with Crippen molar-refractivity contribution in [2.75, 3.05) is 6.54 Å². The van der Waals surface area contributed by atoms with E-state index in [1.54, 1.807) is 24.3 Å². The van der Waals surface area contributed by atoms with Gasteiger partial charge in [0.25, 0.3) is 0 Å². The first kappa shape index (κ1) is 17.8. The van der Waals surface area contributed by atoms with Crippen LogP contribution in [0.4, 0.5) is 4.79 Å². The third kappa shape index (κ3) is 5.93. The van der Waals surface area contributed by atoms with Crippen LogP contribution < -0.4 is 0 Å². The first-order valence-corrected chi connectivity index (χ1v) is 7.84. The quantitative estimate of drug-likeness (QED) is 0.823. The standard InChI is InChI=1S/C18H18ClNO4/c19-16-8-6-14(7-9-16)12-20(11-10-17(21)22)18(23)24-13-15-4-2-1-3-5-15/h1-9H,10-13H2,(H,21,22). The molecule has 0 heterocycles. The Kier molecular flexibility index (Phi) is 6.63. The number of rotatable bonds is 7. The van der Waals surface area contributed by atoms with Gasteiger partial charge in [-0.25, -0.2) is 4.79 Å². The van der Waals surface area contributed by atoms with Crippen molar-refractivity contribution in [3.63, 3.8) is 0 Å². The Hall–Kier alpha value is -2.53. The fraction of sp³-hybridized carbons (Fsp3) is 0.222. The van der Waals surface area contributed by atoms with E-state index in [0.29, 0.717) is 5.02 Å². The van der Waals surface area contributed by atoms with E-state index in [4.69, 9.17) is 21.4 Å². The molecular formula is C18H18ClNO4. The van der Waals surface area contributed by atoms with Crippen molar-refractivity contribution < 1.29 is 19.4 Å². The second-order valence-electron chi connectivity index (χ2n) is 5.23. The summed E-state index contributed by atoms with van der Waals surface area (Å²) in [6.07, 6.45) is -0.691. The highest BCUT2D eigenvalue weighted by Crippen LogP contribution is 2.13. The number of carboxylic acid groups (broad SMARTS) is 1. The Labute approximate surface area is 145 Å². The highest BCUT2D eigenvalue weighted by Gasteiger charge is 2.17. The summed E-state index contributed by atoms with van der Waals surface area (Å²) < 4.78 is 5.29. The monoisotopic (exact) mass is 347 g/mol. The molecule has 0 spiro atoms. The summed E-state index contributed by atoms with van der Waals surface area (Å²) in [6.45, 7) is 0.480. The van der Waals surface area contributed by atoms with E-state index in [2.05, 4.69) is 0 Å². The van der Waals surface area contributed by atoms with Crippen LogP contribution in [0.5, 0.6) is 0 Å². The molecule has 0 unspecified atom stereocenters. The summed E-state index contributed by atoms with van der Waals surface area (Å²) in [5, 5.41) is 9.46. The van der Waals surface area contributed by atoms with E-state index >= 15 is 0 Å². The van der Waals surface area contributed by atoms with Gasteiger partial charge in [0.05, 0.1) is 6.42 Å². The van der Waals surface area contributed by atoms with Gasteiger partial charge < -0.3 is 14.7 Å². The molecule has 0 aliphatic rings. The number of amides is 1. The van der Waals surface area contributed by atoms with Crippen molar-refractivity contribution in [2.24, 2.45) is 0 Å². The van der Waals surface area contributed by atoms with Crippen LogP contribution >= 0.6 is 11.6 Å². The number of nitrogens with zero attached hydrogens (tertiary/aromatic N) is 1. The predicted molar refractivity (Wildman–Crippen MR) is 90.7 cm³/mol. The van der Waals surface area contributed by atoms with E-state index in [1.165, 1.54) is 4.90 Å². The lowest BCUT2D eigenvalue weighted by Crippen LogP contribution is -2.33. The van der Waals surface area contributed by atoms with Crippen molar-refractivity contribution >= 4 is 23.7 Å². The van der Waals surface area contributed by atoms with Crippen molar-refractivity contribution in [1.82, 2.24) is 4.90 Å². The maximum Gasteiger partial charge on any atom is 0.410 e. The van der Waals surface area contributed by atoms with Gasteiger partial charge in [-0.05, 0) is 23.3 Å². The number of hydrogen-bond acceptors (Lipinski definition) is 3. The molecule has 2 rings (SSSR count). The van der Waals surface area contributed by atoms with Gasteiger partial charge in [-0.15, -0.1) is 0 Å². The lowest BCUT2D eigenvalue weighted by molar-refractivity contribution is -0.137. The second-order valence-corrected chi connectivity index (χ2v) is 5.67. The fourth-order valence-electron chi connectivity index (χ4n) is 2.09. The summed E-state index contributed by atoms with van der Waals surface area (Å²) in [4.78, 5) is 24.5. The van der Waals surface area contributed by atoms with Crippen molar-refractivity contribution in [3.8, 4) is 0 Å². The molecule has 0 bridgehead atoms. The van der Waals surface area contributed by atoms with Gasteiger partial charge >= 0.3 is 12.1 Å². The summed E-state index contributed by atoms with van der Waals surface area (Å²) in [7, 11) is 0. The van der Waals surface area contributed by atoms with Gasteiger partial charge in [-0.1, -0.05) is 54.1 Å². The minimum absolute atomic E-state index is 0.0750. The van der Waals surface area contributed by atoms with Gasteiger partial charge in [0.15, 0.2) is 0 Å². The van der Waals surface area contributed by atoms with Gasteiger partial charge in [-0.2, -0.15) is 0 Å². The molecule has 6 heteroatoms. The first-order chi connectivity index (χ1) is 11.5. The number of ether oxygens (including phenoxy) is 1. The molecule has 2 aromatic rings. The molecule has 0 saturated carbocycles. The molecule has 0 aliphatic heterocycles. The summed E-state index contributed by atoms with van der Waals surface area (Å²) in [5.41, 5.74) is 1.72. The van der Waals surface area contributed by atoms with E-state index in [9.17, 15) is 9.59 Å². The van der Waals surface area contributed by atoms with Crippen LogP contribution in [0.25, 0.3) is 0 Å². The molecule has 0 radical (unpaired) electrons. The zero-order valence-electron chi connectivity index (χ0n) is 13.0. The molecule has 2 aromatic carbocycles. The number of hydrogen-bond donors (Lipinski definition) is 1. The average Bonchev–Trinajstić information content (AvgIpc) is 2.59. The zero-order valence-corrected chi connectivity index (χ0v) is 13.8. The van der Waals surface area contributed by atoms with E-state index in [1.807, 2.05) is 30.3 Å². The molecule has 0 aliphatic carbocycles. The molecule has 126 valence electrons. The van der Waals surface area contributed by atoms with Crippen molar-refractivity contribution in [2.45, 2.75) is 19.6 Å². The van der Waals surface area contributed by atoms with Crippen LogP contribution in [0, 0.1) is 0 Å². The molecule has 1 N–H and O–H groups in total. The van der Waals surface area contributed by atoms with Gasteiger partial charge in [0.2, 0.25) is 0 Å². The molecule has 24 heavy (non-hydrogen) atoms. The number of carbonyl (C=O) groups excluding carboxylic acids is 1. The summed E-state index contributed by atoms with van der Waals surface area (Å²) in [6, 6.07) is 16.3. The Morgan fingerprint density at radius 1 is 1.00 bits per heavy atom. The highest BCUT2D eigenvalue weighted by atomic mass is 35.5. The maximum absolute atomic E-state index is 12.3. The third-order valence-electron chi connectivity index (χ3n) is 3.35. The van der Waals surface area contributed by atoms with Gasteiger partial charge in [0, 0.05) is 18.1 Å². The molecule has 0 atom stereocenters. The third-order valence-corrected chi connectivity index (χ3v) is 3.60. The van der Waals surface area contributed by atoms with E-state index in [-0.39, 0.29) is 26.1 Å². The van der Waals surface area contributed by atoms with Crippen LogP contribution in [0.1, 0.15) is 17.5 Å². The zero-order chi connectivity index (χ0) is 17.4. The summed E-state index contributed by atoms with van der Waals surface area (Å²) >= 11 is 5.85. The minimum atomic E-state index is -0.966. The number of benzene rings is 2. The number of halogens is 1. The lowest BCUT2D eigenvalue weighted by Gasteiger charge is -2.21. The normalized spacial score (nSPS) is 10.2. The smallest absolute Gasteiger partial charge is 0.410 e. The van der Waals surface area contributed by atoms with E-state index in [0.717, 1.165) is 11.1 Å². The Balaban J connectivity index is 1.99. The number of carbonyl (C=O) groups is 2. The average molecular weight is 348 g/mol. The van der Waals surface area contributed by atoms with Crippen LogP contribution in [-0.2, 0) is 22.7 Å². The van der Waals surface area contributed by atoms with E-state index < -0.39 is 12.1 Å². The van der Waals surface area contributed by atoms with Crippen molar-refractivity contribution in [3.05, 3.63) is 70.7 Å². The molecule has 0 saturated heterocycles. The van der Waals surface area contributed by atoms with Crippen LogP contribution in [0.2, 0.25) is 5.02 Å². The largest absolute Gasteiger partial charge is 0.481 e. The van der Waals surface area contributed by atoms with Gasteiger partial charge in [-0.3, -0.25) is 4.79 Å². The molecule has 1 amide bonds. The SMILES string of the molecule is O=C(O)CCN(Cc1ccc(Cl)cc1)C(=O)OCc1ccccc1.